The highest BCUT2D eigenvalue weighted by Gasteiger charge is 2.13. The molecule has 0 unspecified atom stereocenters. The number of rotatable bonds is 1. The van der Waals surface area contributed by atoms with Gasteiger partial charge in [-0.2, -0.15) is 19.2 Å². The summed E-state index contributed by atoms with van der Waals surface area (Å²) in [5, 5.41) is 3.53. The average Bonchev–Trinajstić information content (AvgIpc) is 2.64. The van der Waals surface area contributed by atoms with Crippen LogP contribution < -0.4 is 0 Å². The molecule has 2 aromatic rings. The molecule has 2 heterocycles. The van der Waals surface area contributed by atoms with E-state index < -0.39 is 23.4 Å². The molecule has 2 aromatic heterocycles. The maximum absolute atomic E-state index is 13.0. The molecule has 7 heteroatoms. The Morgan fingerprint density at radius 1 is 1.14 bits per heavy atom. The Morgan fingerprint density at radius 2 is 1.93 bits per heavy atom. The fourth-order valence-corrected chi connectivity index (χ4v) is 0.913. The van der Waals surface area contributed by atoms with Gasteiger partial charge in [0.2, 0.25) is 0 Å². The Morgan fingerprint density at radius 3 is 2.57 bits per heavy atom. The van der Waals surface area contributed by atoms with Crippen LogP contribution in [-0.4, -0.2) is 19.7 Å². The molecule has 0 saturated heterocycles. The second-order valence-electron chi connectivity index (χ2n) is 2.41. The van der Waals surface area contributed by atoms with Crippen LogP contribution in [0.1, 0.15) is 0 Å². The van der Waals surface area contributed by atoms with Gasteiger partial charge >= 0.3 is 0 Å². The number of pyridine rings is 1. The summed E-state index contributed by atoms with van der Waals surface area (Å²) in [7, 11) is 0. The third-order valence-corrected chi connectivity index (χ3v) is 1.50. The zero-order valence-electron chi connectivity index (χ0n) is 6.65. The lowest BCUT2D eigenvalue weighted by Gasteiger charge is -2.01. The van der Waals surface area contributed by atoms with Gasteiger partial charge in [0.1, 0.15) is 12.7 Å². The fourth-order valence-electron chi connectivity index (χ4n) is 0.913. The standard InChI is InChI=1S/C7H3F3N4/c8-4-1-5(9)7(13-6(4)10)14-3-11-2-12-14/h1-3H. The van der Waals surface area contributed by atoms with E-state index in [-0.39, 0.29) is 0 Å². The molecule has 14 heavy (non-hydrogen) atoms. The zero-order valence-corrected chi connectivity index (χ0v) is 6.65. The molecule has 0 bridgehead atoms. The van der Waals surface area contributed by atoms with Crippen molar-refractivity contribution in [1.29, 1.82) is 0 Å². The first kappa shape index (κ1) is 8.67. The topological polar surface area (TPSA) is 43.6 Å². The number of nitrogens with zero attached hydrogens (tertiary/aromatic N) is 4. The van der Waals surface area contributed by atoms with Crippen molar-refractivity contribution in [2.45, 2.75) is 0 Å². The summed E-state index contributed by atoms with van der Waals surface area (Å²) in [5.41, 5.74) is 0. The molecule has 0 fully saturated rings. The van der Waals surface area contributed by atoms with Crippen LogP contribution in [0.5, 0.6) is 0 Å². The van der Waals surface area contributed by atoms with Crippen LogP contribution in [0.2, 0.25) is 0 Å². The lowest BCUT2D eigenvalue weighted by Crippen LogP contribution is -2.05. The molecule has 0 N–H and O–H groups in total. The van der Waals surface area contributed by atoms with Gasteiger partial charge in [-0.15, -0.1) is 0 Å². The Labute approximate surface area is 76.0 Å². The number of aromatic nitrogens is 4. The van der Waals surface area contributed by atoms with Crippen LogP contribution in [0.15, 0.2) is 18.7 Å². The highest BCUT2D eigenvalue weighted by atomic mass is 19.2. The number of hydrogen-bond acceptors (Lipinski definition) is 3. The van der Waals surface area contributed by atoms with Crippen molar-refractivity contribution in [1.82, 2.24) is 19.7 Å². The Bertz CT molecular complexity index is 454. The Hall–Kier alpha value is -1.92. The van der Waals surface area contributed by atoms with Crippen LogP contribution in [0.3, 0.4) is 0 Å². The van der Waals surface area contributed by atoms with Crippen LogP contribution in [0, 0.1) is 17.6 Å². The largest absolute Gasteiger partial charge is 0.251 e. The first-order valence-electron chi connectivity index (χ1n) is 3.55. The summed E-state index contributed by atoms with van der Waals surface area (Å²) in [6.07, 6.45) is 2.26. The Kier molecular flexibility index (Phi) is 1.91. The van der Waals surface area contributed by atoms with Crippen molar-refractivity contribution in [3.63, 3.8) is 0 Å². The molecule has 0 saturated carbocycles. The minimum absolute atomic E-state index is 0.402. The van der Waals surface area contributed by atoms with Gasteiger partial charge < -0.3 is 0 Å². The summed E-state index contributed by atoms with van der Waals surface area (Å²) in [6.45, 7) is 0. The summed E-state index contributed by atoms with van der Waals surface area (Å²) >= 11 is 0. The van der Waals surface area contributed by atoms with Gasteiger partial charge in [-0.1, -0.05) is 0 Å². The van der Waals surface area contributed by atoms with Gasteiger partial charge in [0.15, 0.2) is 17.5 Å². The fraction of sp³-hybridized carbons (Fsp3) is 0. The normalized spacial score (nSPS) is 10.5. The predicted molar refractivity (Wildman–Crippen MR) is 39.0 cm³/mol. The van der Waals surface area contributed by atoms with E-state index in [1.54, 1.807) is 0 Å². The number of hydrogen-bond donors (Lipinski definition) is 0. The van der Waals surface area contributed by atoms with Crippen LogP contribution in [0.4, 0.5) is 13.2 Å². The summed E-state index contributed by atoms with van der Waals surface area (Å²) in [4.78, 5) is 6.58. The molecule has 72 valence electrons. The van der Waals surface area contributed by atoms with Crippen molar-refractivity contribution in [3.05, 3.63) is 36.3 Å². The molecule has 0 aliphatic carbocycles. The molecule has 0 atom stereocenters. The highest BCUT2D eigenvalue weighted by molar-refractivity contribution is 5.22. The van der Waals surface area contributed by atoms with Gasteiger partial charge in [0.05, 0.1) is 0 Å². The molecular formula is C7H3F3N4. The molecule has 0 amide bonds. The summed E-state index contributed by atoms with van der Waals surface area (Å²) < 4.78 is 39.1. The maximum atomic E-state index is 13.0. The van der Waals surface area contributed by atoms with E-state index in [0.29, 0.717) is 6.07 Å². The molecule has 4 nitrogen and oxygen atoms in total. The minimum Gasteiger partial charge on any atom is -0.223 e. The molecule has 0 aliphatic rings. The molecule has 0 aromatic carbocycles. The van der Waals surface area contributed by atoms with Crippen LogP contribution >= 0.6 is 0 Å². The van der Waals surface area contributed by atoms with E-state index in [1.165, 1.54) is 0 Å². The smallest absolute Gasteiger partial charge is 0.223 e. The van der Waals surface area contributed by atoms with Crippen LogP contribution in [-0.2, 0) is 0 Å². The lowest BCUT2D eigenvalue weighted by molar-refractivity contribution is 0.458. The van der Waals surface area contributed by atoms with E-state index in [0.717, 1.165) is 17.3 Å². The van der Waals surface area contributed by atoms with Crippen molar-refractivity contribution in [2.75, 3.05) is 0 Å². The van der Waals surface area contributed by atoms with Gasteiger partial charge in [-0.05, 0) is 0 Å². The van der Waals surface area contributed by atoms with E-state index in [2.05, 4.69) is 15.1 Å². The van der Waals surface area contributed by atoms with E-state index >= 15 is 0 Å². The quantitative estimate of drug-likeness (QED) is 0.647. The van der Waals surface area contributed by atoms with E-state index in [4.69, 9.17) is 0 Å². The van der Waals surface area contributed by atoms with Gasteiger partial charge in [-0.3, -0.25) is 0 Å². The average molecular weight is 200 g/mol. The first-order chi connectivity index (χ1) is 6.68. The molecular weight excluding hydrogens is 197 g/mol. The van der Waals surface area contributed by atoms with Gasteiger partial charge in [-0.25, -0.2) is 13.8 Å². The third-order valence-electron chi connectivity index (χ3n) is 1.50. The van der Waals surface area contributed by atoms with Crippen molar-refractivity contribution < 1.29 is 13.2 Å². The zero-order chi connectivity index (χ0) is 10.1. The minimum atomic E-state index is -1.38. The SMILES string of the molecule is Fc1cc(F)c(-n2cncn2)nc1F. The summed E-state index contributed by atoms with van der Waals surface area (Å²) in [5.74, 6) is -4.15. The Balaban J connectivity index is 2.60. The van der Waals surface area contributed by atoms with Crippen molar-refractivity contribution >= 4 is 0 Å². The maximum Gasteiger partial charge on any atom is 0.251 e. The molecule has 0 radical (unpaired) electrons. The molecule has 0 spiro atoms. The van der Waals surface area contributed by atoms with E-state index in [9.17, 15) is 13.2 Å². The second kappa shape index (κ2) is 3.09. The van der Waals surface area contributed by atoms with Crippen LogP contribution in [0.25, 0.3) is 5.82 Å². The molecule has 0 aliphatic heterocycles. The van der Waals surface area contributed by atoms with Crippen molar-refractivity contribution in [2.24, 2.45) is 0 Å². The monoisotopic (exact) mass is 200 g/mol. The predicted octanol–water partition coefficient (Wildman–Crippen LogP) is 1.08. The van der Waals surface area contributed by atoms with E-state index in [1.807, 2.05) is 0 Å². The summed E-state index contributed by atoms with van der Waals surface area (Å²) in [6, 6.07) is 0.402. The van der Waals surface area contributed by atoms with Gasteiger partial charge in [0.25, 0.3) is 5.95 Å². The lowest BCUT2D eigenvalue weighted by atomic mass is 10.4. The third kappa shape index (κ3) is 1.32. The highest BCUT2D eigenvalue weighted by Crippen LogP contribution is 2.12. The number of halogens is 3. The molecule has 2 rings (SSSR count). The first-order valence-corrected chi connectivity index (χ1v) is 3.55. The van der Waals surface area contributed by atoms with Crippen molar-refractivity contribution in [3.8, 4) is 5.82 Å². The van der Waals surface area contributed by atoms with Gasteiger partial charge in [0, 0.05) is 6.07 Å². The second-order valence-corrected chi connectivity index (χ2v) is 2.41.